The van der Waals surface area contributed by atoms with Crippen molar-refractivity contribution in [2.45, 2.75) is 33.6 Å². The molecule has 0 radical (unpaired) electrons. The Morgan fingerprint density at radius 1 is 1.33 bits per heavy atom. The second kappa shape index (κ2) is 6.11. The molecular weight excluding hydrogens is 268 g/mol. The Labute approximate surface area is 124 Å². The second-order valence-corrected chi connectivity index (χ2v) is 5.35. The van der Waals surface area contributed by atoms with Gasteiger partial charge in [-0.25, -0.2) is 4.98 Å². The number of aryl methyl sites for hydroxylation is 2. The lowest BCUT2D eigenvalue weighted by Gasteiger charge is -2.17. The van der Waals surface area contributed by atoms with Crippen molar-refractivity contribution in [1.29, 1.82) is 0 Å². The van der Waals surface area contributed by atoms with Crippen molar-refractivity contribution < 1.29 is 9.53 Å². The summed E-state index contributed by atoms with van der Waals surface area (Å²) in [5.74, 6) is 0.491. The lowest BCUT2D eigenvalue weighted by Crippen LogP contribution is -2.24. The van der Waals surface area contributed by atoms with E-state index in [1.54, 1.807) is 14.1 Å². The highest BCUT2D eigenvalue weighted by molar-refractivity contribution is 6.03. The molecule has 1 amide bonds. The fraction of sp³-hybridized carbons (Fsp3) is 0.533. The van der Waals surface area contributed by atoms with E-state index >= 15 is 0 Å². The van der Waals surface area contributed by atoms with Crippen LogP contribution in [0.3, 0.4) is 0 Å². The maximum atomic E-state index is 12.5. The number of rotatable bonds is 5. The van der Waals surface area contributed by atoms with Crippen molar-refractivity contribution in [1.82, 2.24) is 20.1 Å². The normalized spacial score (nSPS) is 10.9. The topological polar surface area (TPSA) is 71.1 Å². The molecule has 21 heavy (non-hydrogen) atoms. The van der Waals surface area contributed by atoms with E-state index in [0.717, 1.165) is 23.9 Å². The van der Waals surface area contributed by atoms with Crippen molar-refractivity contribution in [3.8, 4) is 5.75 Å². The van der Waals surface area contributed by atoms with Gasteiger partial charge in [0.25, 0.3) is 5.91 Å². The average Bonchev–Trinajstić information content (AvgIpc) is 2.79. The van der Waals surface area contributed by atoms with Crippen LogP contribution in [0, 0.1) is 13.8 Å². The van der Waals surface area contributed by atoms with Gasteiger partial charge in [0, 0.05) is 19.8 Å². The summed E-state index contributed by atoms with van der Waals surface area (Å²) in [6, 6.07) is 0. The smallest absolute Gasteiger partial charge is 0.258 e. The van der Waals surface area contributed by atoms with Gasteiger partial charge in [-0.15, -0.1) is 0 Å². The van der Waals surface area contributed by atoms with Gasteiger partial charge in [-0.2, -0.15) is 5.10 Å². The number of nitrogens with one attached hydrogen (secondary N) is 1. The Kier molecular flexibility index (Phi) is 4.45. The summed E-state index contributed by atoms with van der Waals surface area (Å²) in [5.41, 5.74) is 2.61. The number of hydrogen-bond acceptors (Lipinski definition) is 4. The number of amides is 1. The first kappa shape index (κ1) is 15.3. The number of fused-ring (bicyclic) bond motifs is 1. The van der Waals surface area contributed by atoms with E-state index in [1.807, 2.05) is 13.8 Å². The van der Waals surface area contributed by atoms with E-state index in [9.17, 15) is 4.79 Å². The highest BCUT2D eigenvalue weighted by Gasteiger charge is 2.24. The zero-order valence-electron chi connectivity index (χ0n) is 13.3. The highest BCUT2D eigenvalue weighted by atomic mass is 16.5. The molecule has 0 saturated heterocycles. The molecule has 2 aromatic rings. The molecule has 6 nitrogen and oxygen atoms in total. The molecule has 0 aliphatic rings. The third-order valence-electron chi connectivity index (χ3n) is 3.38. The SMILES string of the molecule is CCCCOc1c(C(=O)N(C)C)c(C)nc2n[nH]c(C)c12. The van der Waals surface area contributed by atoms with Gasteiger partial charge in [0.05, 0.1) is 17.7 Å². The largest absolute Gasteiger partial charge is 0.492 e. The number of pyridine rings is 1. The van der Waals surface area contributed by atoms with Gasteiger partial charge in [-0.3, -0.25) is 9.89 Å². The molecule has 2 rings (SSSR count). The number of aromatic nitrogens is 3. The minimum absolute atomic E-state index is 0.103. The van der Waals surface area contributed by atoms with Gasteiger partial charge in [-0.1, -0.05) is 13.3 Å². The molecule has 0 spiro atoms. The maximum Gasteiger partial charge on any atom is 0.258 e. The molecule has 0 unspecified atom stereocenters. The van der Waals surface area contributed by atoms with E-state index in [1.165, 1.54) is 4.90 Å². The van der Waals surface area contributed by atoms with Gasteiger partial charge in [0.2, 0.25) is 0 Å². The number of aromatic amines is 1. The van der Waals surface area contributed by atoms with Crippen LogP contribution in [0.1, 0.15) is 41.5 Å². The Bertz CT molecular complexity index is 661. The Morgan fingerprint density at radius 2 is 2.05 bits per heavy atom. The summed E-state index contributed by atoms with van der Waals surface area (Å²) in [7, 11) is 3.45. The van der Waals surface area contributed by atoms with E-state index in [2.05, 4.69) is 22.1 Å². The quantitative estimate of drug-likeness (QED) is 0.859. The first-order valence-corrected chi connectivity index (χ1v) is 7.17. The molecule has 0 atom stereocenters. The van der Waals surface area contributed by atoms with Crippen LogP contribution in [0.5, 0.6) is 5.75 Å². The first-order valence-electron chi connectivity index (χ1n) is 7.17. The maximum absolute atomic E-state index is 12.5. The van der Waals surface area contributed by atoms with Gasteiger partial charge >= 0.3 is 0 Å². The van der Waals surface area contributed by atoms with Crippen molar-refractivity contribution in [3.05, 3.63) is 17.0 Å². The minimum atomic E-state index is -0.103. The van der Waals surface area contributed by atoms with Crippen LogP contribution in [-0.4, -0.2) is 46.7 Å². The average molecular weight is 290 g/mol. The third kappa shape index (κ3) is 2.84. The number of nitrogens with zero attached hydrogens (tertiary/aromatic N) is 3. The molecule has 0 aliphatic carbocycles. The van der Waals surface area contributed by atoms with Crippen LogP contribution < -0.4 is 4.74 Å². The molecule has 0 saturated carbocycles. The van der Waals surface area contributed by atoms with Gasteiger partial charge in [0.15, 0.2) is 5.65 Å². The highest BCUT2D eigenvalue weighted by Crippen LogP contribution is 2.32. The predicted molar refractivity (Wildman–Crippen MR) is 81.8 cm³/mol. The van der Waals surface area contributed by atoms with E-state index in [0.29, 0.717) is 29.3 Å². The molecule has 2 heterocycles. The molecule has 1 N–H and O–H groups in total. The van der Waals surface area contributed by atoms with Crippen molar-refractivity contribution in [2.75, 3.05) is 20.7 Å². The lowest BCUT2D eigenvalue weighted by molar-refractivity contribution is 0.0822. The first-order chi connectivity index (χ1) is 9.97. The fourth-order valence-corrected chi connectivity index (χ4v) is 2.21. The van der Waals surface area contributed by atoms with Crippen LogP contribution >= 0.6 is 0 Å². The monoisotopic (exact) mass is 290 g/mol. The molecule has 0 fully saturated rings. The number of H-pyrrole nitrogens is 1. The third-order valence-corrected chi connectivity index (χ3v) is 3.38. The summed E-state index contributed by atoms with van der Waals surface area (Å²) in [5, 5.41) is 7.88. The number of carbonyl (C=O) groups is 1. The Morgan fingerprint density at radius 3 is 2.67 bits per heavy atom. The predicted octanol–water partition coefficient (Wildman–Crippen LogP) is 2.46. The molecule has 2 aromatic heterocycles. The van der Waals surface area contributed by atoms with E-state index < -0.39 is 0 Å². The number of unbranched alkanes of at least 4 members (excludes halogenated alkanes) is 1. The summed E-state index contributed by atoms with van der Waals surface area (Å²) in [6.45, 7) is 6.40. The molecule has 6 heteroatoms. The molecule has 0 aromatic carbocycles. The minimum Gasteiger partial charge on any atom is -0.492 e. The van der Waals surface area contributed by atoms with Gasteiger partial charge in [0.1, 0.15) is 11.3 Å². The summed E-state index contributed by atoms with van der Waals surface area (Å²) >= 11 is 0. The molecule has 0 bridgehead atoms. The van der Waals surface area contributed by atoms with Crippen molar-refractivity contribution in [2.24, 2.45) is 0 Å². The van der Waals surface area contributed by atoms with E-state index in [4.69, 9.17) is 4.74 Å². The molecular formula is C15H22N4O2. The summed E-state index contributed by atoms with van der Waals surface area (Å²) in [4.78, 5) is 18.4. The van der Waals surface area contributed by atoms with Crippen LogP contribution in [0.2, 0.25) is 0 Å². The summed E-state index contributed by atoms with van der Waals surface area (Å²) < 4.78 is 5.93. The van der Waals surface area contributed by atoms with Crippen molar-refractivity contribution >= 4 is 16.9 Å². The second-order valence-electron chi connectivity index (χ2n) is 5.35. The standard InChI is InChI=1S/C15H22N4O2/c1-6-7-8-21-13-11-10(3)17-18-14(11)16-9(2)12(13)15(20)19(4)5/h6-8H2,1-5H3,(H,16,17,18). The van der Waals surface area contributed by atoms with Crippen molar-refractivity contribution in [3.63, 3.8) is 0 Å². The summed E-state index contributed by atoms with van der Waals surface area (Å²) in [6.07, 6.45) is 1.98. The number of hydrogen-bond donors (Lipinski definition) is 1. The number of carbonyl (C=O) groups excluding carboxylic acids is 1. The zero-order chi connectivity index (χ0) is 15.6. The zero-order valence-corrected chi connectivity index (χ0v) is 13.3. The molecule has 0 aliphatic heterocycles. The Balaban J connectivity index is 2.63. The van der Waals surface area contributed by atoms with Crippen LogP contribution in [0.25, 0.3) is 11.0 Å². The van der Waals surface area contributed by atoms with Crippen LogP contribution in [0.4, 0.5) is 0 Å². The van der Waals surface area contributed by atoms with Crippen LogP contribution in [-0.2, 0) is 0 Å². The van der Waals surface area contributed by atoms with Gasteiger partial charge < -0.3 is 9.64 Å². The van der Waals surface area contributed by atoms with Crippen LogP contribution in [0.15, 0.2) is 0 Å². The van der Waals surface area contributed by atoms with Gasteiger partial charge in [-0.05, 0) is 20.3 Å². The molecule has 114 valence electrons. The van der Waals surface area contributed by atoms with E-state index in [-0.39, 0.29) is 5.91 Å². The number of ether oxygens (including phenoxy) is 1. The lowest BCUT2D eigenvalue weighted by atomic mass is 10.1. The Hall–Kier alpha value is -2.11. The fourth-order valence-electron chi connectivity index (χ4n) is 2.21.